The Morgan fingerprint density at radius 1 is 1.15 bits per heavy atom. The van der Waals surface area contributed by atoms with Crippen LogP contribution in [0.1, 0.15) is 18.4 Å². The van der Waals surface area contributed by atoms with E-state index in [-0.39, 0.29) is 0 Å². The van der Waals surface area contributed by atoms with E-state index < -0.39 is 0 Å². The number of ether oxygens (including phenoxy) is 1. The minimum absolute atomic E-state index is 0.731. The second kappa shape index (κ2) is 6.59. The van der Waals surface area contributed by atoms with Gasteiger partial charge in [0.15, 0.2) is 0 Å². The summed E-state index contributed by atoms with van der Waals surface area (Å²) in [5, 5.41) is 3.58. The summed E-state index contributed by atoms with van der Waals surface area (Å²) in [6, 6.07) is 8.71. The van der Waals surface area contributed by atoms with Gasteiger partial charge in [-0.3, -0.25) is 0 Å². The summed E-state index contributed by atoms with van der Waals surface area (Å²) in [5.41, 5.74) is 2.80. The summed E-state index contributed by atoms with van der Waals surface area (Å²) in [7, 11) is 2.27. The summed E-state index contributed by atoms with van der Waals surface area (Å²) < 4.78 is 5.44. The van der Waals surface area contributed by atoms with Crippen molar-refractivity contribution < 1.29 is 4.74 Å². The molecule has 2 aliphatic heterocycles. The number of fused-ring (bicyclic) bond motifs is 1. The average molecular weight is 274 g/mol. The molecule has 1 atom stereocenters. The monoisotopic (exact) mass is 274 g/mol. The Kier molecular flexibility index (Phi) is 4.58. The third-order valence-corrected chi connectivity index (χ3v) is 4.59. The largest absolute Gasteiger partial charge is 0.384 e. The van der Waals surface area contributed by atoms with E-state index in [9.17, 15) is 0 Å². The van der Waals surface area contributed by atoms with Crippen molar-refractivity contribution in [3.8, 4) is 0 Å². The fraction of sp³-hybridized carbons (Fsp3) is 0.647. The van der Waals surface area contributed by atoms with E-state index in [0.717, 1.165) is 31.6 Å². The Bertz CT molecular complexity index is 429. The van der Waals surface area contributed by atoms with E-state index in [1.807, 2.05) is 0 Å². The molecule has 1 unspecified atom stereocenters. The lowest BCUT2D eigenvalue weighted by Crippen LogP contribution is -2.37. The molecular formula is C17H26N2O. The van der Waals surface area contributed by atoms with Gasteiger partial charge in [0.25, 0.3) is 0 Å². The molecular weight excluding hydrogens is 248 g/mol. The molecule has 3 nitrogen and oxygen atoms in total. The van der Waals surface area contributed by atoms with Crippen LogP contribution in [0.2, 0.25) is 0 Å². The SMILES string of the molecule is CN(CC1CCOCC1)CC1CNc2ccccc2C1. The lowest BCUT2D eigenvalue weighted by molar-refractivity contribution is 0.0542. The highest BCUT2D eigenvalue weighted by Crippen LogP contribution is 2.25. The minimum atomic E-state index is 0.731. The number of anilines is 1. The Morgan fingerprint density at radius 3 is 2.75 bits per heavy atom. The zero-order valence-corrected chi connectivity index (χ0v) is 12.5. The van der Waals surface area contributed by atoms with Gasteiger partial charge in [-0.05, 0) is 49.8 Å². The van der Waals surface area contributed by atoms with Gasteiger partial charge in [0.1, 0.15) is 0 Å². The quantitative estimate of drug-likeness (QED) is 0.913. The zero-order chi connectivity index (χ0) is 13.8. The first-order valence-corrected chi connectivity index (χ1v) is 7.89. The van der Waals surface area contributed by atoms with Crippen LogP contribution in [0, 0.1) is 11.8 Å². The van der Waals surface area contributed by atoms with Crippen LogP contribution in [0.25, 0.3) is 0 Å². The number of para-hydroxylation sites is 1. The van der Waals surface area contributed by atoms with Crippen molar-refractivity contribution in [1.82, 2.24) is 4.90 Å². The van der Waals surface area contributed by atoms with Crippen molar-refractivity contribution in [2.24, 2.45) is 11.8 Å². The van der Waals surface area contributed by atoms with Crippen LogP contribution >= 0.6 is 0 Å². The van der Waals surface area contributed by atoms with E-state index in [1.54, 1.807) is 0 Å². The van der Waals surface area contributed by atoms with Crippen LogP contribution in [0.5, 0.6) is 0 Å². The molecule has 2 aliphatic rings. The van der Waals surface area contributed by atoms with Crippen LogP contribution in [0.15, 0.2) is 24.3 Å². The van der Waals surface area contributed by atoms with Crippen molar-refractivity contribution >= 4 is 5.69 Å². The topological polar surface area (TPSA) is 24.5 Å². The predicted molar refractivity (Wildman–Crippen MR) is 83.2 cm³/mol. The number of nitrogens with zero attached hydrogens (tertiary/aromatic N) is 1. The molecule has 0 bridgehead atoms. The Labute approximate surface area is 122 Å². The molecule has 1 aromatic rings. The summed E-state index contributed by atoms with van der Waals surface area (Å²) in [6.45, 7) is 5.43. The number of hydrogen-bond donors (Lipinski definition) is 1. The Hall–Kier alpha value is -1.06. The molecule has 1 aromatic carbocycles. The molecule has 0 saturated carbocycles. The van der Waals surface area contributed by atoms with E-state index in [0.29, 0.717) is 0 Å². The summed E-state index contributed by atoms with van der Waals surface area (Å²) >= 11 is 0. The van der Waals surface area contributed by atoms with Crippen LogP contribution in [-0.2, 0) is 11.2 Å². The average Bonchev–Trinajstić information content (AvgIpc) is 2.48. The molecule has 110 valence electrons. The molecule has 2 heterocycles. The van der Waals surface area contributed by atoms with Crippen LogP contribution < -0.4 is 5.32 Å². The van der Waals surface area contributed by atoms with E-state index in [2.05, 4.69) is 41.5 Å². The lowest BCUT2D eigenvalue weighted by Gasteiger charge is -2.32. The third-order valence-electron chi connectivity index (χ3n) is 4.59. The Morgan fingerprint density at radius 2 is 1.90 bits per heavy atom. The predicted octanol–water partition coefficient (Wildman–Crippen LogP) is 2.63. The van der Waals surface area contributed by atoms with Gasteiger partial charge < -0.3 is 15.0 Å². The first-order chi connectivity index (χ1) is 9.81. The lowest BCUT2D eigenvalue weighted by atomic mass is 9.93. The van der Waals surface area contributed by atoms with Crippen molar-refractivity contribution in [2.45, 2.75) is 19.3 Å². The first-order valence-electron chi connectivity index (χ1n) is 7.89. The van der Waals surface area contributed by atoms with Gasteiger partial charge in [0.05, 0.1) is 0 Å². The Balaban J connectivity index is 1.48. The zero-order valence-electron chi connectivity index (χ0n) is 12.5. The number of rotatable bonds is 4. The highest BCUT2D eigenvalue weighted by molar-refractivity contribution is 5.53. The van der Waals surface area contributed by atoms with Gasteiger partial charge in [0, 0.05) is 38.5 Å². The normalized spacial score (nSPS) is 23.4. The maximum atomic E-state index is 5.44. The third kappa shape index (κ3) is 3.53. The van der Waals surface area contributed by atoms with E-state index in [1.165, 1.54) is 43.6 Å². The second-order valence-corrected chi connectivity index (χ2v) is 6.39. The van der Waals surface area contributed by atoms with Crippen molar-refractivity contribution in [3.63, 3.8) is 0 Å². The molecule has 0 amide bonds. The fourth-order valence-corrected chi connectivity index (χ4v) is 3.52. The maximum absolute atomic E-state index is 5.44. The van der Waals surface area contributed by atoms with Crippen molar-refractivity contribution in [1.29, 1.82) is 0 Å². The van der Waals surface area contributed by atoms with E-state index >= 15 is 0 Å². The summed E-state index contributed by atoms with van der Waals surface area (Å²) in [5.74, 6) is 1.56. The highest BCUT2D eigenvalue weighted by Gasteiger charge is 2.21. The molecule has 1 fully saturated rings. The van der Waals surface area contributed by atoms with Crippen molar-refractivity contribution in [3.05, 3.63) is 29.8 Å². The molecule has 0 radical (unpaired) electrons. The number of nitrogens with one attached hydrogen (secondary N) is 1. The first kappa shape index (κ1) is 13.9. The van der Waals surface area contributed by atoms with Gasteiger partial charge in [-0.15, -0.1) is 0 Å². The van der Waals surface area contributed by atoms with Crippen molar-refractivity contribution in [2.75, 3.05) is 45.2 Å². The van der Waals surface area contributed by atoms with Gasteiger partial charge in [-0.25, -0.2) is 0 Å². The number of hydrogen-bond acceptors (Lipinski definition) is 3. The summed E-state index contributed by atoms with van der Waals surface area (Å²) in [4.78, 5) is 2.52. The highest BCUT2D eigenvalue weighted by atomic mass is 16.5. The second-order valence-electron chi connectivity index (χ2n) is 6.39. The standard InChI is InChI=1S/C17H26N2O/c1-19(12-14-6-8-20-9-7-14)13-15-10-16-4-2-3-5-17(16)18-11-15/h2-5,14-15,18H,6-13H2,1H3. The molecule has 0 spiro atoms. The fourth-order valence-electron chi connectivity index (χ4n) is 3.52. The van der Waals surface area contributed by atoms with Crippen LogP contribution in [-0.4, -0.2) is 44.8 Å². The molecule has 20 heavy (non-hydrogen) atoms. The molecule has 0 aromatic heterocycles. The molecule has 1 saturated heterocycles. The molecule has 3 rings (SSSR count). The number of benzene rings is 1. The van der Waals surface area contributed by atoms with Gasteiger partial charge in [-0.1, -0.05) is 18.2 Å². The summed E-state index contributed by atoms with van der Waals surface area (Å²) in [6.07, 6.45) is 3.67. The maximum Gasteiger partial charge on any atom is 0.0469 e. The van der Waals surface area contributed by atoms with Crippen LogP contribution in [0.3, 0.4) is 0 Å². The molecule has 0 aliphatic carbocycles. The van der Waals surface area contributed by atoms with Crippen LogP contribution in [0.4, 0.5) is 5.69 Å². The smallest absolute Gasteiger partial charge is 0.0469 e. The molecule has 3 heteroatoms. The molecule has 1 N–H and O–H groups in total. The van der Waals surface area contributed by atoms with E-state index in [4.69, 9.17) is 4.74 Å². The minimum Gasteiger partial charge on any atom is -0.384 e. The van der Waals surface area contributed by atoms with Gasteiger partial charge in [-0.2, -0.15) is 0 Å². The van der Waals surface area contributed by atoms with Gasteiger partial charge >= 0.3 is 0 Å². The van der Waals surface area contributed by atoms with Gasteiger partial charge in [0.2, 0.25) is 0 Å².